The van der Waals surface area contributed by atoms with Crippen LogP contribution in [0.4, 0.5) is 4.79 Å². The number of hydrogen-bond acceptors (Lipinski definition) is 4. The Kier molecular flexibility index (Phi) is 3.02. The maximum atomic E-state index is 11.9. The van der Waals surface area contributed by atoms with E-state index in [2.05, 4.69) is 0 Å². The van der Waals surface area contributed by atoms with Crippen molar-refractivity contribution >= 4 is 6.09 Å². The van der Waals surface area contributed by atoms with E-state index < -0.39 is 11.2 Å². The Morgan fingerprint density at radius 2 is 1.89 bits per heavy atom. The maximum absolute atomic E-state index is 11.9. The van der Waals surface area contributed by atoms with Crippen LogP contribution in [0.2, 0.25) is 0 Å². The summed E-state index contributed by atoms with van der Waals surface area (Å²) < 4.78 is 5.32. The molecule has 1 amide bonds. The van der Waals surface area contributed by atoms with Crippen LogP contribution >= 0.6 is 0 Å². The van der Waals surface area contributed by atoms with Crippen LogP contribution in [0.3, 0.4) is 0 Å². The molecule has 0 bridgehead atoms. The monoisotopic (exact) mass is 252 g/mol. The van der Waals surface area contributed by atoms with Gasteiger partial charge < -0.3 is 14.7 Å². The van der Waals surface area contributed by atoms with Crippen molar-refractivity contribution < 1.29 is 14.6 Å². The number of likely N-dealkylation sites (tertiary alicyclic amines) is 1. The van der Waals surface area contributed by atoms with Crippen molar-refractivity contribution in [3.63, 3.8) is 0 Å². The largest absolute Gasteiger partial charge is 0.444 e. The Morgan fingerprint density at radius 1 is 1.39 bits per heavy atom. The molecule has 1 saturated heterocycles. The maximum Gasteiger partial charge on any atom is 0.410 e. The van der Waals surface area contributed by atoms with Crippen LogP contribution in [0.5, 0.6) is 0 Å². The average Bonchev–Trinajstić information content (AvgIpc) is 2.70. The molecule has 1 N–H and O–H groups in total. The molecule has 0 radical (unpaired) electrons. The quantitative estimate of drug-likeness (QED) is 0.663. The molecule has 2 rings (SSSR count). The molecule has 0 aromatic carbocycles. The van der Waals surface area contributed by atoms with Crippen LogP contribution in [-0.2, 0) is 4.74 Å². The van der Waals surface area contributed by atoms with Gasteiger partial charge in [0.25, 0.3) is 0 Å². The van der Waals surface area contributed by atoms with E-state index in [0.29, 0.717) is 25.9 Å². The third-order valence-electron chi connectivity index (χ3n) is 3.64. The zero-order valence-corrected chi connectivity index (χ0v) is 11.1. The number of ether oxygens (including phenoxy) is 1. The van der Waals surface area contributed by atoms with Gasteiger partial charge in [0.05, 0.1) is 6.07 Å². The van der Waals surface area contributed by atoms with Crippen molar-refractivity contribution in [3.8, 4) is 6.07 Å². The predicted molar refractivity (Wildman–Crippen MR) is 64.6 cm³/mol. The molecular weight excluding hydrogens is 232 g/mol. The second-order valence-electron chi connectivity index (χ2n) is 6.46. The molecule has 5 heteroatoms. The van der Waals surface area contributed by atoms with E-state index in [9.17, 15) is 9.90 Å². The number of aliphatic hydroxyl groups is 1. The molecule has 1 aliphatic carbocycles. The molecule has 100 valence electrons. The third-order valence-corrected chi connectivity index (χ3v) is 3.64. The first-order valence-electron chi connectivity index (χ1n) is 6.34. The molecule has 3 atom stereocenters. The number of rotatable bonds is 0. The van der Waals surface area contributed by atoms with E-state index in [1.54, 1.807) is 4.90 Å². The van der Waals surface area contributed by atoms with Gasteiger partial charge in [-0.05, 0) is 45.4 Å². The Morgan fingerprint density at radius 3 is 2.28 bits per heavy atom. The highest BCUT2D eigenvalue weighted by atomic mass is 16.6. The van der Waals surface area contributed by atoms with Crippen LogP contribution < -0.4 is 0 Å². The van der Waals surface area contributed by atoms with Crippen molar-refractivity contribution in [2.75, 3.05) is 13.1 Å². The van der Waals surface area contributed by atoms with Gasteiger partial charge in [-0.15, -0.1) is 0 Å². The van der Waals surface area contributed by atoms with E-state index in [1.165, 1.54) is 0 Å². The minimum atomic E-state index is -1.19. The molecule has 5 nitrogen and oxygen atoms in total. The van der Waals surface area contributed by atoms with E-state index in [1.807, 2.05) is 26.8 Å². The van der Waals surface area contributed by atoms with Gasteiger partial charge in [0.1, 0.15) is 5.60 Å². The molecule has 18 heavy (non-hydrogen) atoms. The second-order valence-corrected chi connectivity index (χ2v) is 6.46. The van der Waals surface area contributed by atoms with Crippen molar-refractivity contribution in [3.05, 3.63) is 0 Å². The van der Waals surface area contributed by atoms with Gasteiger partial charge in [0, 0.05) is 13.1 Å². The zero-order valence-electron chi connectivity index (χ0n) is 11.1. The van der Waals surface area contributed by atoms with Crippen LogP contribution in [0.25, 0.3) is 0 Å². The fraction of sp³-hybridized carbons (Fsp3) is 0.846. The minimum absolute atomic E-state index is 0.224. The summed E-state index contributed by atoms with van der Waals surface area (Å²) in [6.07, 6.45) is 0.637. The Balaban J connectivity index is 1.93. The van der Waals surface area contributed by atoms with Crippen molar-refractivity contribution in [2.45, 2.75) is 44.8 Å². The van der Waals surface area contributed by atoms with Gasteiger partial charge in [0.2, 0.25) is 0 Å². The fourth-order valence-corrected chi connectivity index (χ4v) is 2.92. The molecule has 1 aliphatic heterocycles. The summed E-state index contributed by atoms with van der Waals surface area (Å²) in [5, 5.41) is 18.8. The third kappa shape index (κ3) is 2.59. The highest BCUT2D eigenvalue weighted by molar-refractivity contribution is 5.68. The highest BCUT2D eigenvalue weighted by Gasteiger charge is 2.50. The standard InChI is InChI=1S/C13H20N2O3/c1-12(2,3)18-11(16)15-6-9-4-13(17,8-14)5-10(9)7-15/h9-10,17H,4-7H2,1-3H3/t9-,10+,13?. The molecule has 1 saturated carbocycles. The predicted octanol–water partition coefficient (Wildman–Crippen LogP) is 1.52. The van der Waals surface area contributed by atoms with Crippen LogP contribution in [0.15, 0.2) is 0 Å². The molecule has 2 fully saturated rings. The first kappa shape index (κ1) is 13.2. The van der Waals surface area contributed by atoms with Gasteiger partial charge in [-0.2, -0.15) is 5.26 Å². The number of carbonyl (C=O) groups is 1. The number of nitriles is 1. The summed E-state index contributed by atoms with van der Waals surface area (Å²) in [4.78, 5) is 13.6. The number of hydrogen-bond donors (Lipinski definition) is 1. The summed E-state index contributed by atoms with van der Waals surface area (Å²) in [6, 6.07) is 1.97. The van der Waals surface area contributed by atoms with E-state index in [0.717, 1.165) is 0 Å². The molecule has 0 aromatic heterocycles. The number of nitrogens with zero attached hydrogens (tertiary/aromatic N) is 2. The van der Waals surface area contributed by atoms with Crippen LogP contribution in [-0.4, -0.2) is 40.4 Å². The minimum Gasteiger partial charge on any atom is -0.444 e. The second kappa shape index (κ2) is 4.13. The summed E-state index contributed by atoms with van der Waals surface area (Å²) in [7, 11) is 0. The summed E-state index contributed by atoms with van der Waals surface area (Å²) >= 11 is 0. The Labute approximate surface area is 107 Å². The first-order chi connectivity index (χ1) is 8.22. The van der Waals surface area contributed by atoms with Crippen LogP contribution in [0.1, 0.15) is 33.6 Å². The molecule has 0 spiro atoms. The smallest absolute Gasteiger partial charge is 0.410 e. The summed E-state index contributed by atoms with van der Waals surface area (Å²) in [5.41, 5.74) is -1.67. The van der Waals surface area contributed by atoms with Crippen molar-refractivity contribution in [1.29, 1.82) is 5.26 Å². The fourth-order valence-electron chi connectivity index (χ4n) is 2.92. The Bertz CT molecular complexity index is 380. The average molecular weight is 252 g/mol. The highest BCUT2D eigenvalue weighted by Crippen LogP contribution is 2.43. The van der Waals surface area contributed by atoms with Gasteiger partial charge in [0.15, 0.2) is 5.60 Å². The molecule has 1 unspecified atom stereocenters. The van der Waals surface area contributed by atoms with Crippen molar-refractivity contribution in [2.24, 2.45) is 11.8 Å². The van der Waals surface area contributed by atoms with Gasteiger partial charge in [-0.1, -0.05) is 0 Å². The first-order valence-corrected chi connectivity index (χ1v) is 6.34. The van der Waals surface area contributed by atoms with E-state index in [-0.39, 0.29) is 17.9 Å². The molecule has 2 aliphatic rings. The SMILES string of the molecule is CC(C)(C)OC(=O)N1C[C@@H]2CC(O)(C#N)C[C@@H]2C1. The van der Waals surface area contributed by atoms with Gasteiger partial charge in [-0.25, -0.2) is 4.79 Å². The number of fused-ring (bicyclic) bond motifs is 1. The van der Waals surface area contributed by atoms with Crippen molar-refractivity contribution in [1.82, 2.24) is 4.90 Å². The number of carbonyl (C=O) groups excluding carboxylic acids is 1. The lowest BCUT2D eigenvalue weighted by Gasteiger charge is -2.25. The lowest BCUT2D eigenvalue weighted by molar-refractivity contribution is 0.0251. The lowest BCUT2D eigenvalue weighted by Crippen LogP contribution is -2.37. The lowest BCUT2D eigenvalue weighted by atomic mass is 10.0. The topological polar surface area (TPSA) is 73.6 Å². The van der Waals surface area contributed by atoms with Crippen LogP contribution in [0, 0.1) is 23.2 Å². The number of amides is 1. The van der Waals surface area contributed by atoms with Gasteiger partial charge in [-0.3, -0.25) is 0 Å². The summed E-state index contributed by atoms with van der Waals surface area (Å²) in [6.45, 7) is 6.70. The van der Waals surface area contributed by atoms with Gasteiger partial charge >= 0.3 is 6.09 Å². The molecule has 0 aromatic rings. The Hall–Kier alpha value is -1.28. The van der Waals surface area contributed by atoms with E-state index >= 15 is 0 Å². The molecule has 1 heterocycles. The van der Waals surface area contributed by atoms with E-state index in [4.69, 9.17) is 10.00 Å². The molecular formula is C13H20N2O3. The zero-order chi connectivity index (χ0) is 13.6. The normalized spacial score (nSPS) is 35.2. The summed E-state index contributed by atoms with van der Waals surface area (Å²) in [5.74, 6) is 0.448.